The molecule has 0 atom stereocenters. The normalized spacial score (nSPS) is 10.4. The van der Waals surface area contributed by atoms with Gasteiger partial charge in [-0.2, -0.15) is 0 Å². The van der Waals surface area contributed by atoms with E-state index in [0.29, 0.717) is 11.6 Å². The average Bonchev–Trinajstić information content (AvgIpc) is 2.75. The molecule has 0 saturated heterocycles. The van der Waals surface area contributed by atoms with Crippen LogP contribution in [-0.4, -0.2) is 31.3 Å². The van der Waals surface area contributed by atoms with Gasteiger partial charge in [0.25, 0.3) is 0 Å². The Morgan fingerprint density at radius 2 is 1.57 bits per heavy atom. The van der Waals surface area contributed by atoms with Crippen LogP contribution in [0.5, 0.6) is 17.2 Å². The number of rotatable bonds is 7. The van der Waals surface area contributed by atoms with Crippen molar-refractivity contribution < 1.29 is 23.8 Å². The van der Waals surface area contributed by atoms with E-state index in [4.69, 9.17) is 14.2 Å². The van der Waals surface area contributed by atoms with E-state index < -0.39 is 11.7 Å². The highest BCUT2D eigenvalue weighted by Crippen LogP contribution is 2.35. The summed E-state index contributed by atoms with van der Waals surface area (Å²) in [5.74, 6) is 2.23. The summed E-state index contributed by atoms with van der Waals surface area (Å²) >= 11 is 0. The molecular weight excluding hydrogens is 444 g/mol. The van der Waals surface area contributed by atoms with Crippen LogP contribution in [0.3, 0.4) is 0 Å². The highest BCUT2D eigenvalue weighted by molar-refractivity contribution is 5.94. The number of ether oxygens (including phenoxy) is 3. The summed E-state index contributed by atoms with van der Waals surface area (Å²) in [6.07, 6.45) is -0.635. The van der Waals surface area contributed by atoms with Crippen LogP contribution >= 0.6 is 0 Å². The Labute approximate surface area is 211 Å². The quantitative estimate of drug-likeness (QED) is 0.425. The van der Waals surface area contributed by atoms with Crippen LogP contribution in [-0.2, 0) is 9.53 Å². The van der Waals surface area contributed by atoms with Crippen molar-refractivity contribution in [2.45, 2.75) is 81.3 Å². The number of aryl methyl sites for hydroxylation is 2. The van der Waals surface area contributed by atoms with Crippen LogP contribution < -0.4 is 20.1 Å². The second kappa shape index (κ2) is 14.2. The average molecular weight is 489 g/mol. The number of benzene rings is 2. The lowest BCUT2D eigenvalue weighted by molar-refractivity contribution is -0.115. The number of carbonyl (C=O) groups excluding carboxylic acids is 2. The van der Waals surface area contributed by atoms with Gasteiger partial charge < -0.3 is 24.8 Å². The van der Waals surface area contributed by atoms with Crippen molar-refractivity contribution in [3.63, 3.8) is 0 Å². The van der Waals surface area contributed by atoms with E-state index in [1.807, 2.05) is 58.0 Å². The molecule has 0 aliphatic rings. The highest BCUT2D eigenvalue weighted by Gasteiger charge is 2.17. The standard InChI is InChI=1S/C25H34N2O5.C2H6.CH4/c1-15(2)20-13-19(9-10-21(20)30-8)31-23-16(3)11-18(12-17(23)4)27-22(28)14-26-24(29)32-25(5,6)7;1-2;/h9-13,15H,14H2,1-8H3,(H,26,29)(H,27,28);1-2H3;1H4. The number of anilines is 1. The number of hydrogen-bond donors (Lipinski definition) is 2. The van der Waals surface area contributed by atoms with E-state index in [1.54, 1.807) is 27.9 Å². The number of hydrogen-bond acceptors (Lipinski definition) is 5. The Kier molecular flexibility index (Phi) is 12.9. The molecule has 7 nitrogen and oxygen atoms in total. The fraction of sp³-hybridized carbons (Fsp3) is 0.500. The van der Waals surface area contributed by atoms with Crippen molar-refractivity contribution in [3.8, 4) is 17.2 Å². The Morgan fingerprint density at radius 1 is 1.00 bits per heavy atom. The largest absolute Gasteiger partial charge is 0.496 e. The summed E-state index contributed by atoms with van der Waals surface area (Å²) in [7, 11) is 1.66. The molecule has 2 aromatic rings. The van der Waals surface area contributed by atoms with Gasteiger partial charge in [-0.3, -0.25) is 4.79 Å². The van der Waals surface area contributed by atoms with Gasteiger partial charge in [-0.25, -0.2) is 4.79 Å². The maximum Gasteiger partial charge on any atom is 0.408 e. The molecule has 0 saturated carbocycles. The number of nitrogens with one attached hydrogen (secondary N) is 2. The van der Waals surface area contributed by atoms with Gasteiger partial charge in [0.1, 0.15) is 29.4 Å². The van der Waals surface area contributed by atoms with Gasteiger partial charge in [-0.15, -0.1) is 0 Å². The van der Waals surface area contributed by atoms with Gasteiger partial charge in [0.05, 0.1) is 7.11 Å². The summed E-state index contributed by atoms with van der Waals surface area (Å²) in [6, 6.07) is 9.44. The van der Waals surface area contributed by atoms with Crippen molar-refractivity contribution >= 4 is 17.7 Å². The molecule has 35 heavy (non-hydrogen) atoms. The molecule has 2 amide bonds. The topological polar surface area (TPSA) is 85.9 Å². The lowest BCUT2D eigenvalue weighted by Crippen LogP contribution is -2.37. The zero-order valence-corrected chi connectivity index (χ0v) is 22.2. The Balaban J connectivity index is 0.00000375. The van der Waals surface area contributed by atoms with Crippen LogP contribution in [0.2, 0.25) is 0 Å². The molecule has 0 fully saturated rings. The minimum absolute atomic E-state index is 0. The van der Waals surface area contributed by atoms with E-state index in [0.717, 1.165) is 33.9 Å². The SMILES string of the molecule is C.CC.COc1ccc(Oc2c(C)cc(NC(=O)CNC(=O)OC(C)(C)C)cc2C)cc1C(C)C. The second-order valence-electron chi connectivity index (χ2n) is 9.00. The van der Waals surface area contributed by atoms with E-state index >= 15 is 0 Å². The van der Waals surface area contributed by atoms with E-state index in [9.17, 15) is 9.59 Å². The van der Waals surface area contributed by atoms with Crippen molar-refractivity contribution in [1.82, 2.24) is 5.32 Å². The summed E-state index contributed by atoms with van der Waals surface area (Å²) in [4.78, 5) is 23.9. The first kappa shape index (κ1) is 31.8. The Hall–Kier alpha value is -3.22. The minimum Gasteiger partial charge on any atom is -0.496 e. The van der Waals surface area contributed by atoms with Gasteiger partial charge in [0, 0.05) is 11.3 Å². The molecular formula is C28H44N2O5. The number of methoxy groups -OCH3 is 1. The van der Waals surface area contributed by atoms with Crippen molar-refractivity contribution in [2.24, 2.45) is 0 Å². The first-order valence-corrected chi connectivity index (χ1v) is 11.6. The fourth-order valence-electron chi connectivity index (χ4n) is 3.20. The van der Waals surface area contributed by atoms with Crippen LogP contribution in [0, 0.1) is 13.8 Å². The van der Waals surface area contributed by atoms with Gasteiger partial charge >= 0.3 is 6.09 Å². The molecule has 0 unspecified atom stereocenters. The molecule has 0 heterocycles. The molecule has 0 spiro atoms. The third kappa shape index (κ3) is 10.3. The number of alkyl carbamates (subject to hydrolysis) is 1. The minimum atomic E-state index is -0.635. The first-order valence-electron chi connectivity index (χ1n) is 11.6. The molecule has 7 heteroatoms. The molecule has 2 N–H and O–H groups in total. The fourth-order valence-corrected chi connectivity index (χ4v) is 3.20. The maximum absolute atomic E-state index is 12.2. The summed E-state index contributed by atoms with van der Waals surface area (Å²) in [5.41, 5.74) is 2.83. The highest BCUT2D eigenvalue weighted by atomic mass is 16.6. The van der Waals surface area contributed by atoms with Gasteiger partial charge in [-0.05, 0) is 82.0 Å². The van der Waals surface area contributed by atoms with Gasteiger partial charge in [-0.1, -0.05) is 35.1 Å². The Morgan fingerprint density at radius 3 is 2.06 bits per heavy atom. The van der Waals surface area contributed by atoms with E-state index in [2.05, 4.69) is 24.5 Å². The summed E-state index contributed by atoms with van der Waals surface area (Å²) in [6.45, 7) is 17.1. The molecule has 2 aromatic carbocycles. The maximum atomic E-state index is 12.2. The van der Waals surface area contributed by atoms with Crippen molar-refractivity contribution in [1.29, 1.82) is 0 Å². The predicted molar refractivity (Wildman–Crippen MR) is 144 cm³/mol. The second-order valence-corrected chi connectivity index (χ2v) is 9.00. The van der Waals surface area contributed by atoms with Crippen LogP contribution in [0.4, 0.5) is 10.5 Å². The zero-order valence-electron chi connectivity index (χ0n) is 22.2. The monoisotopic (exact) mass is 488 g/mol. The third-order valence-corrected chi connectivity index (χ3v) is 4.58. The summed E-state index contributed by atoms with van der Waals surface area (Å²) < 4.78 is 16.7. The van der Waals surface area contributed by atoms with Crippen LogP contribution in [0.1, 0.15) is 78.5 Å². The molecule has 0 aromatic heterocycles. The lowest BCUT2D eigenvalue weighted by atomic mass is 10.0. The molecule has 196 valence electrons. The summed E-state index contributed by atoms with van der Waals surface area (Å²) in [5, 5.41) is 5.24. The predicted octanol–water partition coefficient (Wildman–Crippen LogP) is 7.35. The zero-order chi connectivity index (χ0) is 26.1. The first-order chi connectivity index (χ1) is 15.9. The van der Waals surface area contributed by atoms with E-state index in [1.165, 1.54) is 0 Å². The van der Waals surface area contributed by atoms with Crippen molar-refractivity contribution in [2.75, 3.05) is 19.0 Å². The lowest BCUT2D eigenvalue weighted by Gasteiger charge is -2.19. The Bertz CT molecular complexity index is 955. The molecule has 2 rings (SSSR count). The van der Waals surface area contributed by atoms with Crippen molar-refractivity contribution in [3.05, 3.63) is 47.0 Å². The van der Waals surface area contributed by atoms with Gasteiger partial charge in [0.2, 0.25) is 5.91 Å². The molecule has 0 aliphatic heterocycles. The van der Waals surface area contributed by atoms with Crippen LogP contribution in [0.15, 0.2) is 30.3 Å². The number of carbonyl (C=O) groups is 2. The van der Waals surface area contributed by atoms with E-state index in [-0.39, 0.29) is 19.9 Å². The van der Waals surface area contributed by atoms with Crippen LogP contribution in [0.25, 0.3) is 0 Å². The molecule has 0 radical (unpaired) electrons. The number of amides is 2. The smallest absolute Gasteiger partial charge is 0.408 e. The molecule has 0 aliphatic carbocycles. The van der Waals surface area contributed by atoms with Gasteiger partial charge in [0.15, 0.2) is 0 Å². The molecule has 0 bridgehead atoms. The third-order valence-electron chi connectivity index (χ3n) is 4.58.